The maximum atomic E-state index is 13.0. The highest BCUT2D eigenvalue weighted by Crippen LogP contribution is 2.19. The van der Waals surface area contributed by atoms with Crippen molar-refractivity contribution in [2.75, 3.05) is 0 Å². The highest BCUT2D eigenvalue weighted by molar-refractivity contribution is 7.89. The lowest BCUT2D eigenvalue weighted by atomic mass is 10.2. The second kappa shape index (κ2) is 6.10. The molecule has 0 aliphatic heterocycles. The molecule has 0 aliphatic carbocycles. The summed E-state index contributed by atoms with van der Waals surface area (Å²) in [5.41, 5.74) is 0.717. The molecule has 2 rings (SSSR count). The number of rotatable bonds is 4. The Hall–Kier alpha value is -1.14. The van der Waals surface area contributed by atoms with Crippen LogP contribution >= 0.6 is 23.2 Å². The van der Waals surface area contributed by atoms with Gasteiger partial charge in [-0.1, -0.05) is 35.3 Å². The Bertz CT molecular complexity index is 735. The molecule has 0 fully saturated rings. The lowest BCUT2D eigenvalue weighted by Crippen LogP contribution is -2.23. The molecule has 0 unspecified atom stereocenters. The lowest BCUT2D eigenvalue weighted by Gasteiger charge is -2.07. The second-order valence-corrected chi connectivity index (χ2v) is 6.64. The molecule has 0 heterocycles. The number of nitrogens with one attached hydrogen (secondary N) is 1. The van der Waals surface area contributed by atoms with Gasteiger partial charge in [-0.25, -0.2) is 17.5 Å². The molecule has 0 spiro atoms. The van der Waals surface area contributed by atoms with E-state index >= 15 is 0 Å². The van der Waals surface area contributed by atoms with Gasteiger partial charge < -0.3 is 0 Å². The summed E-state index contributed by atoms with van der Waals surface area (Å²) in [5, 5.41) is 0.280. The van der Waals surface area contributed by atoms with Crippen LogP contribution in [0.5, 0.6) is 0 Å². The Morgan fingerprint density at radius 2 is 1.85 bits per heavy atom. The molecule has 106 valence electrons. The zero-order chi connectivity index (χ0) is 14.8. The van der Waals surface area contributed by atoms with E-state index in [2.05, 4.69) is 4.72 Å². The van der Waals surface area contributed by atoms with Crippen molar-refractivity contribution < 1.29 is 12.8 Å². The van der Waals surface area contributed by atoms with Crippen molar-refractivity contribution in [2.24, 2.45) is 0 Å². The smallest absolute Gasteiger partial charge is 0.207 e. The second-order valence-electron chi connectivity index (χ2n) is 4.03. The zero-order valence-corrected chi connectivity index (χ0v) is 12.4. The average molecular weight is 334 g/mol. The van der Waals surface area contributed by atoms with Crippen molar-refractivity contribution in [2.45, 2.75) is 11.4 Å². The number of benzene rings is 2. The molecule has 0 saturated carbocycles. The molecule has 0 saturated heterocycles. The van der Waals surface area contributed by atoms with E-state index in [4.69, 9.17) is 23.2 Å². The standard InChI is InChI=1S/C13H10Cl2FNO2S/c14-10-3-1-2-9(6-10)8-17-20(18,19)11-4-5-13(16)12(15)7-11/h1-7,17H,8H2. The van der Waals surface area contributed by atoms with Crippen LogP contribution in [-0.4, -0.2) is 8.42 Å². The summed E-state index contributed by atoms with van der Waals surface area (Å²) < 4.78 is 39.5. The molecule has 0 aliphatic rings. The fourth-order valence-corrected chi connectivity index (χ4v) is 3.05. The fraction of sp³-hybridized carbons (Fsp3) is 0.0769. The maximum Gasteiger partial charge on any atom is 0.240 e. The molecule has 0 radical (unpaired) electrons. The van der Waals surface area contributed by atoms with Gasteiger partial charge >= 0.3 is 0 Å². The van der Waals surface area contributed by atoms with Crippen LogP contribution in [0.15, 0.2) is 47.4 Å². The van der Waals surface area contributed by atoms with Gasteiger partial charge in [0.2, 0.25) is 10.0 Å². The van der Waals surface area contributed by atoms with Crippen molar-refractivity contribution in [3.8, 4) is 0 Å². The van der Waals surface area contributed by atoms with E-state index in [0.717, 1.165) is 18.2 Å². The summed E-state index contributed by atoms with van der Waals surface area (Å²) in [6.45, 7) is 0.0812. The molecule has 2 aromatic carbocycles. The molecule has 2 aromatic rings. The van der Waals surface area contributed by atoms with Gasteiger partial charge in [0.05, 0.1) is 9.92 Å². The summed E-state index contributed by atoms with van der Waals surface area (Å²) in [7, 11) is -3.75. The SMILES string of the molecule is O=S(=O)(NCc1cccc(Cl)c1)c1ccc(F)c(Cl)c1. The largest absolute Gasteiger partial charge is 0.240 e. The summed E-state index contributed by atoms with van der Waals surface area (Å²) in [4.78, 5) is -0.0917. The highest BCUT2D eigenvalue weighted by atomic mass is 35.5. The van der Waals surface area contributed by atoms with Gasteiger partial charge in [0, 0.05) is 11.6 Å². The van der Waals surface area contributed by atoms with E-state index < -0.39 is 15.8 Å². The molecule has 0 atom stereocenters. The first kappa shape index (κ1) is 15.3. The quantitative estimate of drug-likeness (QED) is 0.928. The van der Waals surface area contributed by atoms with Gasteiger partial charge in [-0.15, -0.1) is 0 Å². The molecule has 7 heteroatoms. The van der Waals surface area contributed by atoms with E-state index in [1.165, 1.54) is 0 Å². The third-order valence-corrected chi connectivity index (χ3v) is 4.48. The van der Waals surface area contributed by atoms with Gasteiger partial charge in [-0.2, -0.15) is 0 Å². The van der Waals surface area contributed by atoms with Gasteiger partial charge in [-0.05, 0) is 35.9 Å². The first-order chi connectivity index (χ1) is 9.38. The van der Waals surface area contributed by atoms with E-state index in [1.54, 1.807) is 24.3 Å². The molecule has 0 amide bonds. The number of halogens is 3. The lowest BCUT2D eigenvalue weighted by molar-refractivity contribution is 0.580. The van der Waals surface area contributed by atoms with Crippen molar-refractivity contribution >= 4 is 33.2 Å². The molecule has 1 N–H and O–H groups in total. The molecule has 20 heavy (non-hydrogen) atoms. The average Bonchev–Trinajstić information content (AvgIpc) is 2.40. The van der Waals surface area contributed by atoms with Gasteiger partial charge in [0.15, 0.2) is 0 Å². The predicted octanol–water partition coefficient (Wildman–Crippen LogP) is 3.61. The summed E-state index contributed by atoms with van der Waals surface area (Å²) in [6.07, 6.45) is 0. The minimum atomic E-state index is -3.75. The van der Waals surface area contributed by atoms with E-state index in [-0.39, 0.29) is 16.5 Å². The minimum absolute atomic E-state index is 0.0812. The molecular formula is C13H10Cl2FNO2S. The van der Waals surface area contributed by atoms with Crippen LogP contribution in [0.3, 0.4) is 0 Å². The van der Waals surface area contributed by atoms with Crippen LogP contribution in [0.1, 0.15) is 5.56 Å². The molecular weight excluding hydrogens is 324 g/mol. The number of sulfonamides is 1. The van der Waals surface area contributed by atoms with Crippen LogP contribution in [0, 0.1) is 5.82 Å². The fourth-order valence-electron chi connectivity index (χ4n) is 1.55. The number of hydrogen-bond donors (Lipinski definition) is 1. The third-order valence-electron chi connectivity index (χ3n) is 2.56. The Labute approximate surface area is 126 Å². The first-order valence-electron chi connectivity index (χ1n) is 5.58. The Balaban J connectivity index is 2.17. The molecule has 0 bridgehead atoms. The maximum absolute atomic E-state index is 13.0. The van der Waals surface area contributed by atoms with E-state index in [9.17, 15) is 12.8 Å². The highest BCUT2D eigenvalue weighted by Gasteiger charge is 2.15. The Morgan fingerprint density at radius 1 is 1.10 bits per heavy atom. The minimum Gasteiger partial charge on any atom is -0.207 e. The van der Waals surface area contributed by atoms with E-state index in [1.807, 2.05) is 0 Å². The van der Waals surface area contributed by atoms with Crippen molar-refractivity contribution in [3.63, 3.8) is 0 Å². The van der Waals surface area contributed by atoms with Crippen LogP contribution in [0.4, 0.5) is 4.39 Å². The monoisotopic (exact) mass is 333 g/mol. The molecule has 3 nitrogen and oxygen atoms in total. The molecule has 0 aromatic heterocycles. The van der Waals surface area contributed by atoms with Gasteiger partial charge in [0.1, 0.15) is 5.82 Å². The van der Waals surface area contributed by atoms with Crippen LogP contribution in [-0.2, 0) is 16.6 Å². The Morgan fingerprint density at radius 3 is 2.50 bits per heavy atom. The predicted molar refractivity (Wildman–Crippen MR) is 76.9 cm³/mol. The van der Waals surface area contributed by atoms with Crippen LogP contribution in [0.2, 0.25) is 10.0 Å². The number of hydrogen-bond acceptors (Lipinski definition) is 2. The van der Waals surface area contributed by atoms with Crippen molar-refractivity contribution in [3.05, 3.63) is 63.9 Å². The first-order valence-corrected chi connectivity index (χ1v) is 7.81. The van der Waals surface area contributed by atoms with Gasteiger partial charge in [0.25, 0.3) is 0 Å². The Kier molecular flexibility index (Phi) is 4.65. The zero-order valence-electron chi connectivity index (χ0n) is 10.1. The van der Waals surface area contributed by atoms with Crippen LogP contribution in [0.25, 0.3) is 0 Å². The van der Waals surface area contributed by atoms with Crippen LogP contribution < -0.4 is 4.72 Å². The normalized spacial score (nSPS) is 11.6. The van der Waals surface area contributed by atoms with Crippen molar-refractivity contribution in [1.82, 2.24) is 4.72 Å². The third kappa shape index (κ3) is 3.70. The summed E-state index contributed by atoms with van der Waals surface area (Å²) >= 11 is 11.4. The summed E-state index contributed by atoms with van der Waals surface area (Å²) in [5.74, 6) is -0.666. The van der Waals surface area contributed by atoms with Crippen molar-refractivity contribution in [1.29, 1.82) is 0 Å². The summed E-state index contributed by atoms with van der Waals surface area (Å²) in [6, 6.07) is 10.0. The van der Waals surface area contributed by atoms with Gasteiger partial charge in [-0.3, -0.25) is 0 Å². The van der Waals surface area contributed by atoms with E-state index in [0.29, 0.717) is 10.6 Å². The topological polar surface area (TPSA) is 46.2 Å².